The van der Waals surface area contributed by atoms with E-state index in [0.717, 1.165) is 26.7 Å². The summed E-state index contributed by atoms with van der Waals surface area (Å²) in [5.74, 6) is -0.547. The van der Waals surface area contributed by atoms with E-state index in [0.29, 0.717) is 12.3 Å². The van der Waals surface area contributed by atoms with E-state index in [4.69, 9.17) is 4.74 Å². The van der Waals surface area contributed by atoms with Crippen molar-refractivity contribution in [2.24, 2.45) is 0 Å². The predicted octanol–water partition coefficient (Wildman–Crippen LogP) is 5.69. The van der Waals surface area contributed by atoms with Crippen molar-refractivity contribution in [1.29, 1.82) is 0 Å². The summed E-state index contributed by atoms with van der Waals surface area (Å²) in [6.45, 7) is 0.492. The molecule has 7 heteroatoms. The summed E-state index contributed by atoms with van der Waals surface area (Å²) in [4.78, 5) is 29.8. The number of pyridine rings is 1. The Morgan fingerprint density at radius 2 is 1.47 bits per heavy atom. The maximum atomic E-state index is 12.4. The van der Waals surface area contributed by atoms with Crippen molar-refractivity contribution in [3.63, 3.8) is 0 Å². The second-order valence-electron chi connectivity index (χ2n) is 7.44. The number of anilines is 1. The Labute approximate surface area is 201 Å². The van der Waals surface area contributed by atoms with Crippen LogP contribution >= 0.6 is 11.8 Å². The molecule has 0 atom stereocenters. The van der Waals surface area contributed by atoms with Gasteiger partial charge in [-0.1, -0.05) is 36.0 Å². The molecule has 0 saturated carbocycles. The van der Waals surface area contributed by atoms with Crippen molar-refractivity contribution in [3.8, 4) is 5.75 Å². The maximum Gasteiger partial charge on any atom is 0.337 e. The summed E-state index contributed by atoms with van der Waals surface area (Å²) < 4.78 is 5.81. The van der Waals surface area contributed by atoms with Crippen molar-refractivity contribution in [1.82, 2.24) is 4.98 Å². The molecule has 170 valence electrons. The SMILES string of the molecule is O=C(Cc1ccc(Sc2ccc(OCc3ccncc3)cc2)cc1)Nc1ccccc1C(=O)O. The highest BCUT2D eigenvalue weighted by Crippen LogP contribution is 2.29. The second kappa shape index (κ2) is 11.2. The summed E-state index contributed by atoms with van der Waals surface area (Å²) in [5.41, 5.74) is 2.26. The lowest BCUT2D eigenvalue weighted by Gasteiger charge is -2.09. The third kappa shape index (κ3) is 6.46. The molecular weight excluding hydrogens is 448 g/mol. The van der Waals surface area contributed by atoms with Gasteiger partial charge < -0.3 is 15.2 Å². The molecule has 3 aromatic carbocycles. The maximum absolute atomic E-state index is 12.4. The Bertz CT molecular complexity index is 1260. The number of hydrogen-bond donors (Lipinski definition) is 2. The van der Waals surface area contributed by atoms with Crippen LogP contribution in [0.4, 0.5) is 5.69 Å². The van der Waals surface area contributed by atoms with E-state index < -0.39 is 5.97 Å². The average Bonchev–Trinajstić information content (AvgIpc) is 2.85. The number of carboxylic acids is 1. The molecule has 34 heavy (non-hydrogen) atoms. The molecule has 0 aliphatic carbocycles. The number of para-hydroxylation sites is 1. The molecule has 0 fully saturated rings. The van der Waals surface area contributed by atoms with Crippen molar-refractivity contribution in [2.75, 3.05) is 5.32 Å². The normalized spacial score (nSPS) is 10.5. The lowest BCUT2D eigenvalue weighted by atomic mass is 10.1. The molecular formula is C27H22N2O4S. The summed E-state index contributed by atoms with van der Waals surface area (Å²) in [7, 11) is 0. The van der Waals surface area contributed by atoms with Crippen LogP contribution in [0.1, 0.15) is 21.5 Å². The number of ether oxygens (including phenoxy) is 1. The fourth-order valence-corrected chi connectivity index (χ4v) is 4.04. The van der Waals surface area contributed by atoms with Crippen LogP contribution in [-0.4, -0.2) is 22.0 Å². The van der Waals surface area contributed by atoms with Gasteiger partial charge >= 0.3 is 5.97 Å². The molecule has 0 aliphatic rings. The quantitative estimate of drug-likeness (QED) is 0.327. The largest absolute Gasteiger partial charge is 0.489 e. The van der Waals surface area contributed by atoms with E-state index in [9.17, 15) is 14.7 Å². The van der Waals surface area contributed by atoms with Crippen LogP contribution in [0.2, 0.25) is 0 Å². The molecule has 1 amide bonds. The molecule has 4 aromatic rings. The highest BCUT2D eigenvalue weighted by Gasteiger charge is 2.12. The van der Waals surface area contributed by atoms with Gasteiger partial charge in [0.2, 0.25) is 5.91 Å². The minimum Gasteiger partial charge on any atom is -0.489 e. The Morgan fingerprint density at radius 1 is 0.824 bits per heavy atom. The number of aromatic carboxylic acids is 1. The van der Waals surface area contributed by atoms with Gasteiger partial charge in [-0.05, 0) is 71.8 Å². The number of hydrogen-bond acceptors (Lipinski definition) is 5. The number of rotatable bonds is 9. The number of carboxylic acid groups (broad SMARTS) is 1. The second-order valence-corrected chi connectivity index (χ2v) is 8.58. The van der Waals surface area contributed by atoms with Crippen LogP contribution in [-0.2, 0) is 17.8 Å². The van der Waals surface area contributed by atoms with Crippen molar-refractivity contribution in [2.45, 2.75) is 22.8 Å². The molecule has 0 unspecified atom stereocenters. The van der Waals surface area contributed by atoms with E-state index in [1.807, 2.05) is 60.7 Å². The van der Waals surface area contributed by atoms with Gasteiger partial charge in [0.15, 0.2) is 0 Å². The first-order valence-electron chi connectivity index (χ1n) is 10.6. The first-order valence-corrected chi connectivity index (χ1v) is 11.4. The first-order chi connectivity index (χ1) is 16.6. The molecule has 1 aromatic heterocycles. The molecule has 0 saturated heterocycles. The molecule has 6 nitrogen and oxygen atoms in total. The van der Waals surface area contributed by atoms with E-state index in [1.54, 1.807) is 42.4 Å². The van der Waals surface area contributed by atoms with Crippen LogP contribution in [0.15, 0.2) is 107 Å². The summed E-state index contributed by atoms with van der Waals surface area (Å²) in [6.07, 6.45) is 3.64. The van der Waals surface area contributed by atoms with Gasteiger partial charge in [-0.15, -0.1) is 0 Å². The van der Waals surface area contributed by atoms with Gasteiger partial charge in [0.1, 0.15) is 12.4 Å². The van der Waals surface area contributed by atoms with Crippen LogP contribution < -0.4 is 10.1 Å². The summed E-state index contributed by atoms with van der Waals surface area (Å²) in [6, 6.07) is 25.8. The highest BCUT2D eigenvalue weighted by atomic mass is 32.2. The van der Waals surface area contributed by atoms with E-state index in [1.165, 1.54) is 6.07 Å². The van der Waals surface area contributed by atoms with E-state index >= 15 is 0 Å². The number of aromatic nitrogens is 1. The molecule has 0 radical (unpaired) electrons. The Morgan fingerprint density at radius 3 is 2.15 bits per heavy atom. The zero-order valence-corrected chi connectivity index (χ0v) is 19.0. The Kier molecular flexibility index (Phi) is 7.57. The van der Waals surface area contributed by atoms with Gasteiger partial charge in [-0.3, -0.25) is 9.78 Å². The number of benzene rings is 3. The molecule has 1 heterocycles. The summed E-state index contributed by atoms with van der Waals surface area (Å²) in [5, 5.41) is 11.9. The average molecular weight is 471 g/mol. The van der Waals surface area contributed by atoms with Crippen LogP contribution in [0.3, 0.4) is 0 Å². The number of amides is 1. The van der Waals surface area contributed by atoms with Crippen LogP contribution in [0.5, 0.6) is 5.75 Å². The number of nitrogens with one attached hydrogen (secondary N) is 1. The van der Waals surface area contributed by atoms with Gasteiger partial charge in [0, 0.05) is 22.2 Å². The van der Waals surface area contributed by atoms with E-state index in [-0.39, 0.29) is 17.9 Å². The molecule has 2 N–H and O–H groups in total. The van der Waals surface area contributed by atoms with Crippen molar-refractivity contribution < 1.29 is 19.4 Å². The predicted molar refractivity (Wildman–Crippen MR) is 131 cm³/mol. The van der Waals surface area contributed by atoms with Gasteiger partial charge in [0.05, 0.1) is 17.7 Å². The van der Waals surface area contributed by atoms with Gasteiger partial charge in [-0.2, -0.15) is 0 Å². The molecule has 4 rings (SSSR count). The highest BCUT2D eigenvalue weighted by molar-refractivity contribution is 7.99. The lowest BCUT2D eigenvalue weighted by Crippen LogP contribution is -2.16. The zero-order chi connectivity index (χ0) is 23.8. The third-order valence-electron chi connectivity index (χ3n) is 4.93. The standard InChI is InChI=1S/C27H22N2O4S/c30-26(29-25-4-2-1-3-24(25)27(31)32)17-19-5-9-22(10-6-19)34-23-11-7-21(8-12-23)33-18-20-13-15-28-16-14-20/h1-16H,17-18H2,(H,29,30)(H,31,32). The monoisotopic (exact) mass is 470 g/mol. The third-order valence-corrected chi connectivity index (χ3v) is 5.95. The molecule has 0 spiro atoms. The van der Waals surface area contributed by atoms with Gasteiger partial charge in [-0.25, -0.2) is 4.79 Å². The fraction of sp³-hybridized carbons (Fsp3) is 0.0741. The molecule has 0 bridgehead atoms. The number of carbonyl (C=O) groups is 2. The fourth-order valence-electron chi connectivity index (χ4n) is 3.22. The van der Waals surface area contributed by atoms with Crippen molar-refractivity contribution >= 4 is 29.3 Å². The van der Waals surface area contributed by atoms with E-state index in [2.05, 4.69) is 10.3 Å². The topological polar surface area (TPSA) is 88.5 Å². The first kappa shape index (κ1) is 23.1. The van der Waals surface area contributed by atoms with Crippen LogP contribution in [0, 0.1) is 0 Å². The summed E-state index contributed by atoms with van der Waals surface area (Å²) >= 11 is 1.62. The van der Waals surface area contributed by atoms with Crippen LogP contribution in [0.25, 0.3) is 0 Å². The number of carbonyl (C=O) groups excluding carboxylic acids is 1. The minimum absolute atomic E-state index is 0.0661. The number of nitrogens with zero attached hydrogens (tertiary/aromatic N) is 1. The Balaban J connectivity index is 1.29. The zero-order valence-electron chi connectivity index (χ0n) is 18.2. The molecule has 0 aliphatic heterocycles. The Hall–Kier alpha value is -4.10. The van der Waals surface area contributed by atoms with Crippen molar-refractivity contribution in [3.05, 3.63) is 114 Å². The minimum atomic E-state index is -1.08. The van der Waals surface area contributed by atoms with Gasteiger partial charge in [0.25, 0.3) is 0 Å². The smallest absolute Gasteiger partial charge is 0.337 e. The lowest BCUT2D eigenvalue weighted by molar-refractivity contribution is -0.115.